The Kier molecular flexibility index (Phi) is 2.33. The van der Waals surface area contributed by atoms with Crippen molar-refractivity contribution in [2.75, 3.05) is 11.4 Å². The first-order valence-electron chi connectivity index (χ1n) is 4.58. The number of para-hydroxylation sites is 1. The van der Waals surface area contributed by atoms with Crippen LogP contribution in [0.5, 0.6) is 0 Å². The molecule has 1 heterocycles. The van der Waals surface area contributed by atoms with E-state index in [-0.39, 0.29) is 12.3 Å². The van der Waals surface area contributed by atoms with Crippen molar-refractivity contribution in [1.82, 2.24) is 0 Å². The number of Topliss-reactive ketones (excluding diaryl/α,β-unsaturated/α-hetero) is 1. The summed E-state index contributed by atoms with van der Waals surface area (Å²) in [6.45, 7) is -0.00769. The number of carbonyl (C=O) groups excluding carboxylic acids is 3. The molecule has 1 aromatic rings. The lowest BCUT2D eigenvalue weighted by Crippen LogP contribution is -2.27. The van der Waals surface area contributed by atoms with E-state index in [2.05, 4.69) is 0 Å². The molecule has 1 atom stereocenters. The second-order valence-corrected chi connectivity index (χ2v) is 3.34. The van der Waals surface area contributed by atoms with Gasteiger partial charge in [-0.05, 0) is 12.1 Å². The van der Waals surface area contributed by atoms with E-state index in [9.17, 15) is 14.4 Å². The summed E-state index contributed by atoms with van der Waals surface area (Å²) in [4.78, 5) is 34.8. The molecule has 1 unspecified atom stereocenters. The zero-order valence-corrected chi connectivity index (χ0v) is 7.92. The minimum atomic E-state index is -1.11. The molecule has 1 amide bonds. The first kappa shape index (κ1) is 9.58. The Morgan fingerprint density at radius 1 is 1.20 bits per heavy atom. The molecule has 4 nitrogen and oxygen atoms in total. The summed E-state index contributed by atoms with van der Waals surface area (Å²) in [6, 6.07) is 8.85. The van der Waals surface area contributed by atoms with E-state index in [0.29, 0.717) is 12.0 Å². The molecule has 0 radical (unpaired) electrons. The first-order valence-corrected chi connectivity index (χ1v) is 4.58. The van der Waals surface area contributed by atoms with Crippen LogP contribution in [0.2, 0.25) is 0 Å². The van der Waals surface area contributed by atoms with E-state index in [1.165, 1.54) is 4.90 Å². The van der Waals surface area contributed by atoms with Crippen LogP contribution in [-0.2, 0) is 14.4 Å². The van der Waals surface area contributed by atoms with E-state index in [1.807, 2.05) is 6.07 Å². The summed E-state index contributed by atoms with van der Waals surface area (Å²) in [7, 11) is 0. The Balaban J connectivity index is 2.31. The molecular formula is C11H9NO3. The normalized spacial score (nSPS) is 20.8. The fraction of sp³-hybridized carbons (Fsp3) is 0.182. The molecule has 4 heteroatoms. The lowest BCUT2D eigenvalue weighted by atomic mass is 10.1. The molecule has 0 saturated carbocycles. The van der Waals surface area contributed by atoms with Crippen molar-refractivity contribution in [3.63, 3.8) is 0 Å². The molecule has 0 spiro atoms. The van der Waals surface area contributed by atoms with Gasteiger partial charge in [0.15, 0.2) is 11.7 Å². The van der Waals surface area contributed by atoms with Crippen LogP contribution in [-0.4, -0.2) is 24.5 Å². The molecule has 76 valence electrons. The zero-order chi connectivity index (χ0) is 10.8. The molecule has 1 fully saturated rings. The van der Waals surface area contributed by atoms with Gasteiger partial charge in [-0.1, -0.05) is 18.2 Å². The van der Waals surface area contributed by atoms with Crippen LogP contribution in [0.3, 0.4) is 0 Å². The molecule has 15 heavy (non-hydrogen) atoms. The fourth-order valence-corrected chi connectivity index (χ4v) is 1.60. The molecular weight excluding hydrogens is 194 g/mol. The van der Waals surface area contributed by atoms with Gasteiger partial charge in [0.2, 0.25) is 5.91 Å². The summed E-state index contributed by atoms with van der Waals surface area (Å²) in [5.41, 5.74) is 0.653. The zero-order valence-electron chi connectivity index (χ0n) is 7.92. The van der Waals surface area contributed by atoms with Crippen LogP contribution in [0.4, 0.5) is 5.69 Å². The maximum atomic E-state index is 11.6. The SMILES string of the molecule is O=CC1C(=O)CN(c2ccccc2)C1=O. The molecule has 0 aromatic heterocycles. The Hall–Kier alpha value is -1.97. The highest BCUT2D eigenvalue weighted by atomic mass is 16.2. The van der Waals surface area contributed by atoms with Gasteiger partial charge < -0.3 is 9.69 Å². The van der Waals surface area contributed by atoms with Crippen LogP contribution in [0.1, 0.15) is 0 Å². The van der Waals surface area contributed by atoms with Gasteiger partial charge in [0.25, 0.3) is 0 Å². The van der Waals surface area contributed by atoms with E-state index in [4.69, 9.17) is 0 Å². The maximum Gasteiger partial charge on any atom is 0.245 e. The van der Waals surface area contributed by atoms with Gasteiger partial charge in [-0.15, -0.1) is 0 Å². The molecule has 2 rings (SSSR count). The average Bonchev–Trinajstić information content (AvgIpc) is 2.55. The van der Waals surface area contributed by atoms with E-state index in [0.717, 1.165) is 0 Å². The Labute approximate surface area is 86.5 Å². The number of aldehydes is 1. The highest BCUT2D eigenvalue weighted by molar-refractivity contribution is 6.24. The molecule has 0 bridgehead atoms. The van der Waals surface area contributed by atoms with Crippen molar-refractivity contribution in [3.05, 3.63) is 30.3 Å². The highest BCUT2D eigenvalue weighted by Crippen LogP contribution is 2.21. The van der Waals surface area contributed by atoms with Gasteiger partial charge in [0.05, 0.1) is 6.54 Å². The second kappa shape index (κ2) is 3.65. The summed E-state index contributed by atoms with van der Waals surface area (Å²) in [5, 5.41) is 0. The van der Waals surface area contributed by atoms with Gasteiger partial charge in [0, 0.05) is 5.69 Å². The molecule has 0 N–H and O–H groups in total. The molecule has 1 aliphatic heterocycles. The monoisotopic (exact) mass is 203 g/mol. The predicted octanol–water partition coefficient (Wildman–Crippen LogP) is 0.417. The second-order valence-electron chi connectivity index (χ2n) is 3.34. The fourth-order valence-electron chi connectivity index (χ4n) is 1.60. The Morgan fingerprint density at radius 2 is 1.87 bits per heavy atom. The summed E-state index contributed by atoms with van der Waals surface area (Å²) in [6.07, 6.45) is 0.410. The highest BCUT2D eigenvalue weighted by Gasteiger charge is 2.39. The van der Waals surface area contributed by atoms with Gasteiger partial charge in [0.1, 0.15) is 6.29 Å². The minimum absolute atomic E-state index is 0.00769. The molecule has 1 aromatic carbocycles. The van der Waals surface area contributed by atoms with Crippen LogP contribution in [0, 0.1) is 5.92 Å². The number of benzene rings is 1. The molecule has 0 aliphatic carbocycles. The van der Waals surface area contributed by atoms with Crippen LogP contribution in [0.25, 0.3) is 0 Å². The number of hydrogen-bond donors (Lipinski definition) is 0. The van der Waals surface area contributed by atoms with E-state index >= 15 is 0 Å². The number of amides is 1. The lowest BCUT2D eigenvalue weighted by molar-refractivity contribution is -0.130. The largest absolute Gasteiger partial charge is 0.304 e. The summed E-state index contributed by atoms with van der Waals surface area (Å²) < 4.78 is 0. The maximum absolute atomic E-state index is 11.6. The standard InChI is InChI=1S/C11H9NO3/c13-7-9-10(14)6-12(11(9)15)8-4-2-1-3-5-8/h1-5,7,9H,6H2. The Bertz CT molecular complexity index is 413. The van der Waals surface area contributed by atoms with Crippen molar-refractivity contribution in [3.8, 4) is 0 Å². The van der Waals surface area contributed by atoms with Crippen LogP contribution >= 0.6 is 0 Å². The predicted molar refractivity (Wildman–Crippen MR) is 53.4 cm³/mol. The van der Waals surface area contributed by atoms with Crippen molar-refractivity contribution in [2.24, 2.45) is 5.92 Å². The van der Waals surface area contributed by atoms with Crippen molar-refractivity contribution in [1.29, 1.82) is 0 Å². The number of hydrogen-bond acceptors (Lipinski definition) is 3. The van der Waals surface area contributed by atoms with E-state index < -0.39 is 11.8 Å². The van der Waals surface area contributed by atoms with Gasteiger partial charge in [-0.3, -0.25) is 9.59 Å². The number of rotatable bonds is 2. The smallest absolute Gasteiger partial charge is 0.245 e. The quantitative estimate of drug-likeness (QED) is 0.517. The third-order valence-electron chi connectivity index (χ3n) is 2.40. The van der Waals surface area contributed by atoms with Gasteiger partial charge >= 0.3 is 0 Å². The van der Waals surface area contributed by atoms with Gasteiger partial charge in [-0.25, -0.2) is 0 Å². The van der Waals surface area contributed by atoms with Crippen molar-refractivity contribution >= 4 is 23.7 Å². The molecule has 1 saturated heterocycles. The number of nitrogens with zero attached hydrogens (tertiary/aromatic N) is 1. The van der Waals surface area contributed by atoms with Gasteiger partial charge in [-0.2, -0.15) is 0 Å². The van der Waals surface area contributed by atoms with Crippen molar-refractivity contribution in [2.45, 2.75) is 0 Å². The van der Waals surface area contributed by atoms with E-state index in [1.54, 1.807) is 24.3 Å². The minimum Gasteiger partial charge on any atom is -0.304 e. The van der Waals surface area contributed by atoms with Crippen molar-refractivity contribution < 1.29 is 14.4 Å². The van der Waals surface area contributed by atoms with Crippen LogP contribution < -0.4 is 4.90 Å². The third kappa shape index (κ3) is 1.54. The first-order chi connectivity index (χ1) is 7.24. The molecule has 1 aliphatic rings. The lowest BCUT2D eigenvalue weighted by Gasteiger charge is -2.14. The average molecular weight is 203 g/mol. The topological polar surface area (TPSA) is 54.5 Å². The number of anilines is 1. The van der Waals surface area contributed by atoms with Crippen LogP contribution in [0.15, 0.2) is 30.3 Å². The summed E-state index contributed by atoms with van der Waals surface area (Å²) >= 11 is 0. The summed E-state index contributed by atoms with van der Waals surface area (Å²) in [5.74, 6) is -1.87. The Morgan fingerprint density at radius 3 is 2.40 bits per heavy atom. The third-order valence-corrected chi connectivity index (χ3v) is 2.40. The number of ketones is 1. The number of carbonyl (C=O) groups is 3.